The summed E-state index contributed by atoms with van der Waals surface area (Å²) >= 11 is 5.31. The number of hydrogen-bond donors (Lipinski definition) is 1. The Morgan fingerprint density at radius 3 is 2.44 bits per heavy atom. The van der Waals surface area contributed by atoms with Crippen LogP contribution in [0.3, 0.4) is 0 Å². The van der Waals surface area contributed by atoms with Crippen molar-refractivity contribution in [2.75, 3.05) is 0 Å². The van der Waals surface area contributed by atoms with Crippen LogP contribution in [0.4, 0.5) is 0 Å². The fraction of sp³-hybridized carbons (Fsp3) is 0.308. The fourth-order valence-electron chi connectivity index (χ4n) is 1.42. The van der Waals surface area contributed by atoms with Crippen molar-refractivity contribution < 1.29 is 14.3 Å². The molecule has 4 nitrogen and oxygen atoms in total. The maximum absolute atomic E-state index is 11.6. The minimum atomic E-state index is -0.894. The van der Waals surface area contributed by atoms with Gasteiger partial charge in [0.15, 0.2) is 0 Å². The molecular weight excluding hydrogens is 254 g/mol. The molecule has 0 saturated carbocycles. The summed E-state index contributed by atoms with van der Waals surface area (Å²) < 4.78 is 4.95. The van der Waals surface area contributed by atoms with Crippen molar-refractivity contribution >= 4 is 28.5 Å². The van der Waals surface area contributed by atoms with E-state index in [4.69, 9.17) is 21.7 Å². The van der Waals surface area contributed by atoms with Crippen LogP contribution in [0, 0.1) is 11.3 Å². The van der Waals surface area contributed by atoms with Crippen LogP contribution in [-0.2, 0) is 20.9 Å². The molecule has 1 atom stereocenters. The van der Waals surface area contributed by atoms with Gasteiger partial charge in [0, 0.05) is 0 Å². The summed E-state index contributed by atoms with van der Waals surface area (Å²) in [6, 6.07) is 9.12. The van der Waals surface area contributed by atoms with E-state index in [2.05, 4.69) is 0 Å². The lowest BCUT2D eigenvalue weighted by Crippen LogP contribution is -2.28. The Hall–Kier alpha value is -1.68. The lowest BCUT2D eigenvalue weighted by atomic mass is 10.0. The van der Waals surface area contributed by atoms with E-state index in [0.29, 0.717) is 6.42 Å². The minimum absolute atomic E-state index is 0.0783. The molecule has 1 N–H and O–H groups in total. The van der Waals surface area contributed by atoms with Gasteiger partial charge in [0.05, 0.1) is 5.92 Å². The van der Waals surface area contributed by atoms with Crippen molar-refractivity contribution in [2.24, 2.45) is 5.92 Å². The highest BCUT2D eigenvalue weighted by atomic mass is 35.5. The van der Waals surface area contributed by atoms with Crippen molar-refractivity contribution in [3.8, 4) is 0 Å². The van der Waals surface area contributed by atoms with E-state index in [0.717, 1.165) is 5.56 Å². The van der Waals surface area contributed by atoms with Crippen LogP contribution in [0.5, 0.6) is 0 Å². The average molecular weight is 268 g/mol. The third kappa shape index (κ3) is 3.96. The number of ether oxygens (including phenoxy) is 1. The van der Waals surface area contributed by atoms with Gasteiger partial charge in [0.2, 0.25) is 5.24 Å². The standard InChI is InChI=1S/C13H14ClNO3/c1-2-10(12(14)16)11(15)13(17)18-8-9-6-4-3-5-7-9/h3-7,10,15H,2,8H2,1H3/t10-/m1/s1. The van der Waals surface area contributed by atoms with Gasteiger partial charge in [-0.3, -0.25) is 10.2 Å². The quantitative estimate of drug-likeness (QED) is 0.489. The van der Waals surface area contributed by atoms with E-state index in [9.17, 15) is 9.59 Å². The van der Waals surface area contributed by atoms with Crippen LogP contribution in [-0.4, -0.2) is 16.9 Å². The van der Waals surface area contributed by atoms with Crippen LogP contribution >= 0.6 is 11.6 Å². The Morgan fingerprint density at radius 2 is 1.94 bits per heavy atom. The second kappa shape index (κ2) is 6.91. The van der Waals surface area contributed by atoms with Gasteiger partial charge in [-0.05, 0) is 23.6 Å². The smallest absolute Gasteiger partial charge is 0.353 e. The molecule has 0 aliphatic heterocycles. The molecule has 0 heterocycles. The predicted octanol–water partition coefficient (Wildman–Crippen LogP) is 2.54. The number of nitrogens with one attached hydrogen (secondary N) is 1. The van der Waals surface area contributed by atoms with Crippen LogP contribution in [0.1, 0.15) is 18.9 Å². The first-order chi connectivity index (χ1) is 8.56. The van der Waals surface area contributed by atoms with Crippen molar-refractivity contribution in [2.45, 2.75) is 20.0 Å². The molecule has 0 amide bonds. The Morgan fingerprint density at radius 1 is 1.33 bits per heavy atom. The summed E-state index contributed by atoms with van der Waals surface area (Å²) in [4.78, 5) is 22.6. The van der Waals surface area contributed by atoms with Crippen LogP contribution in [0.2, 0.25) is 0 Å². The van der Waals surface area contributed by atoms with Gasteiger partial charge in [-0.25, -0.2) is 4.79 Å². The number of hydrogen-bond acceptors (Lipinski definition) is 4. The van der Waals surface area contributed by atoms with Crippen LogP contribution in [0.15, 0.2) is 30.3 Å². The number of halogens is 1. The molecule has 0 fully saturated rings. The van der Waals surface area contributed by atoms with Crippen LogP contribution < -0.4 is 0 Å². The summed E-state index contributed by atoms with van der Waals surface area (Å²) in [5, 5.41) is 6.86. The molecule has 0 radical (unpaired) electrons. The Kier molecular flexibility index (Phi) is 5.52. The zero-order valence-electron chi connectivity index (χ0n) is 9.98. The SMILES string of the molecule is CC[C@H](C(=N)C(=O)OCc1ccccc1)C(=O)Cl. The highest BCUT2D eigenvalue weighted by Gasteiger charge is 2.26. The predicted molar refractivity (Wildman–Crippen MR) is 68.6 cm³/mol. The zero-order valence-corrected chi connectivity index (χ0v) is 10.7. The average Bonchev–Trinajstić information content (AvgIpc) is 2.37. The van der Waals surface area contributed by atoms with Crippen LogP contribution in [0.25, 0.3) is 0 Å². The topological polar surface area (TPSA) is 67.2 Å². The summed E-state index contributed by atoms with van der Waals surface area (Å²) in [7, 11) is 0. The molecule has 0 bridgehead atoms. The molecule has 5 heteroatoms. The second-order valence-corrected chi connectivity index (χ2v) is 4.11. The summed E-state index contributed by atoms with van der Waals surface area (Å²) in [6.07, 6.45) is 0.307. The molecule has 1 aromatic rings. The highest BCUT2D eigenvalue weighted by molar-refractivity contribution is 6.67. The van der Waals surface area contributed by atoms with Crippen molar-refractivity contribution in [1.29, 1.82) is 5.41 Å². The summed E-state index contributed by atoms with van der Waals surface area (Å²) in [6.45, 7) is 1.76. The molecule has 96 valence electrons. The number of esters is 1. The highest BCUT2D eigenvalue weighted by Crippen LogP contribution is 2.11. The molecule has 1 aromatic carbocycles. The molecule has 0 spiro atoms. The van der Waals surface area contributed by atoms with Gasteiger partial charge < -0.3 is 4.74 Å². The Bertz CT molecular complexity index is 445. The van der Waals surface area contributed by atoms with E-state index < -0.39 is 22.8 Å². The van der Waals surface area contributed by atoms with E-state index in [1.165, 1.54) is 0 Å². The molecule has 1 rings (SSSR count). The summed E-state index contributed by atoms with van der Waals surface area (Å²) in [5.74, 6) is -1.70. The second-order valence-electron chi connectivity index (χ2n) is 3.74. The lowest BCUT2D eigenvalue weighted by molar-refractivity contribution is -0.137. The van der Waals surface area contributed by atoms with Gasteiger partial charge in [-0.1, -0.05) is 37.3 Å². The fourth-order valence-corrected chi connectivity index (χ4v) is 1.68. The van der Waals surface area contributed by atoms with E-state index in [1.807, 2.05) is 18.2 Å². The maximum atomic E-state index is 11.6. The third-order valence-electron chi connectivity index (χ3n) is 2.46. The molecular formula is C13H14ClNO3. The van der Waals surface area contributed by atoms with Crippen molar-refractivity contribution in [3.63, 3.8) is 0 Å². The monoisotopic (exact) mass is 267 g/mol. The Balaban J connectivity index is 2.55. The number of rotatable bonds is 6. The molecule has 0 unspecified atom stereocenters. The molecule has 0 aromatic heterocycles. The third-order valence-corrected chi connectivity index (χ3v) is 2.73. The van der Waals surface area contributed by atoms with Gasteiger partial charge in [0.1, 0.15) is 12.3 Å². The van der Waals surface area contributed by atoms with Crippen molar-refractivity contribution in [1.82, 2.24) is 0 Å². The first kappa shape index (κ1) is 14.4. The summed E-state index contributed by atoms with van der Waals surface area (Å²) in [5.41, 5.74) is 0.428. The van der Waals surface area contributed by atoms with E-state index in [1.54, 1.807) is 19.1 Å². The molecule has 0 aliphatic carbocycles. The van der Waals surface area contributed by atoms with Gasteiger partial charge in [-0.15, -0.1) is 0 Å². The lowest BCUT2D eigenvalue weighted by Gasteiger charge is -2.11. The first-order valence-corrected chi connectivity index (χ1v) is 5.92. The van der Waals surface area contributed by atoms with E-state index in [-0.39, 0.29) is 6.61 Å². The molecule has 0 saturated heterocycles. The maximum Gasteiger partial charge on any atom is 0.353 e. The largest absolute Gasteiger partial charge is 0.456 e. The normalized spacial score (nSPS) is 11.7. The van der Waals surface area contributed by atoms with Gasteiger partial charge in [-0.2, -0.15) is 0 Å². The molecule has 18 heavy (non-hydrogen) atoms. The molecule has 0 aliphatic rings. The number of carbonyl (C=O) groups excluding carboxylic acids is 2. The van der Waals surface area contributed by atoms with Gasteiger partial charge in [0.25, 0.3) is 0 Å². The first-order valence-electron chi connectivity index (χ1n) is 5.55. The Labute approximate surface area is 110 Å². The number of benzene rings is 1. The zero-order chi connectivity index (χ0) is 13.5. The van der Waals surface area contributed by atoms with E-state index >= 15 is 0 Å². The minimum Gasteiger partial charge on any atom is -0.456 e. The van der Waals surface area contributed by atoms with Gasteiger partial charge >= 0.3 is 5.97 Å². The number of carbonyl (C=O) groups is 2. The van der Waals surface area contributed by atoms with Crippen molar-refractivity contribution in [3.05, 3.63) is 35.9 Å².